The summed E-state index contributed by atoms with van der Waals surface area (Å²) in [4.78, 5) is 13.2. The normalized spacial score (nSPS) is 16.2. The second kappa shape index (κ2) is 6.95. The lowest BCUT2D eigenvalue weighted by Crippen LogP contribution is -2.38. The summed E-state index contributed by atoms with van der Waals surface area (Å²) in [7, 11) is 0. The lowest BCUT2D eigenvalue weighted by atomic mass is 9.96. The molecule has 0 spiro atoms. The van der Waals surface area contributed by atoms with Crippen LogP contribution < -0.4 is 10.2 Å². The van der Waals surface area contributed by atoms with E-state index in [4.69, 9.17) is 11.6 Å². The van der Waals surface area contributed by atoms with Gasteiger partial charge < -0.3 is 15.3 Å². The average Bonchev–Trinajstić information content (AvgIpc) is 2.45. The molecule has 2 rings (SSSR count). The zero-order chi connectivity index (χ0) is 14.5. The van der Waals surface area contributed by atoms with Crippen LogP contribution in [0.5, 0.6) is 0 Å². The largest absolute Gasteiger partial charge is 0.392 e. The summed E-state index contributed by atoms with van der Waals surface area (Å²) in [6.07, 6.45) is 2.08. The highest BCUT2D eigenvalue weighted by atomic mass is 35.5. The molecule has 0 radical (unpaired) electrons. The zero-order valence-electron chi connectivity index (χ0n) is 11.7. The van der Waals surface area contributed by atoms with Gasteiger partial charge in [0.05, 0.1) is 6.61 Å². The number of piperidine rings is 1. The fraction of sp³-hybridized carbons (Fsp3) is 0.533. The van der Waals surface area contributed by atoms with Gasteiger partial charge in [-0.2, -0.15) is 0 Å². The molecular formula is C15H21ClN2O2. The van der Waals surface area contributed by atoms with E-state index in [9.17, 15) is 9.90 Å². The number of nitrogens with zero attached hydrogens (tertiary/aromatic N) is 1. The van der Waals surface area contributed by atoms with E-state index in [1.165, 1.54) is 0 Å². The van der Waals surface area contributed by atoms with Crippen LogP contribution in [0.25, 0.3) is 0 Å². The summed E-state index contributed by atoms with van der Waals surface area (Å²) in [5.74, 6) is 0.566. The third-order valence-electron chi connectivity index (χ3n) is 3.81. The van der Waals surface area contributed by atoms with Crippen molar-refractivity contribution in [2.45, 2.75) is 26.4 Å². The smallest absolute Gasteiger partial charge is 0.216 e. The van der Waals surface area contributed by atoms with Crippen molar-refractivity contribution in [3.05, 3.63) is 28.8 Å². The van der Waals surface area contributed by atoms with Gasteiger partial charge in [0.1, 0.15) is 0 Å². The minimum Gasteiger partial charge on any atom is -0.392 e. The molecular weight excluding hydrogens is 276 g/mol. The molecule has 1 fully saturated rings. The molecule has 1 saturated heterocycles. The summed E-state index contributed by atoms with van der Waals surface area (Å²) < 4.78 is 0. The highest BCUT2D eigenvalue weighted by Crippen LogP contribution is 2.29. The van der Waals surface area contributed by atoms with Crippen molar-refractivity contribution in [2.75, 3.05) is 24.5 Å². The van der Waals surface area contributed by atoms with Gasteiger partial charge in [-0.3, -0.25) is 4.79 Å². The molecule has 1 aromatic carbocycles. The second-order valence-corrected chi connectivity index (χ2v) is 5.74. The Morgan fingerprint density at radius 3 is 2.75 bits per heavy atom. The first-order valence-corrected chi connectivity index (χ1v) is 7.36. The Morgan fingerprint density at radius 2 is 2.15 bits per heavy atom. The Bertz CT molecular complexity index is 471. The van der Waals surface area contributed by atoms with Gasteiger partial charge >= 0.3 is 0 Å². The minimum atomic E-state index is 0.0261. The highest BCUT2D eigenvalue weighted by molar-refractivity contribution is 6.30. The van der Waals surface area contributed by atoms with Gasteiger partial charge in [0.25, 0.3) is 0 Å². The number of halogens is 1. The van der Waals surface area contributed by atoms with Gasteiger partial charge in [-0.25, -0.2) is 0 Å². The Labute approximate surface area is 124 Å². The number of aliphatic hydroxyl groups is 1. The molecule has 0 unspecified atom stereocenters. The molecule has 0 atom stereocenters. The number of aliphatic hydroxyl groups excluding tert-OH is 1. The molecule has 0 aromatic heterocycles. The Kier molecular flexibility index (Phi) is 5.26. The maximum atomic E-state index is 10.9. The van der Waals surface area contributed by atoms with Crippen molar-refractivity contribution in [1.29, 1.82) is 0 Å². The van der Waals surface area contributed by atoms with Crippen molar-refractivity contribution >= 4 is 23.2 Å². The molecule has 1 amide bonds. The number of hydrogen-bond donors (Lipinski definition) is 2. The first kappa shape index (κ1) is 15.1. The van der Waals surface area contributed by atoms with Crippen LogP contribution in [-0.2, 0) is 11.4 Å². The van der Waals surface area contributed by atoms with Gasteiger partial charge in [-0.15, -0.1) is 0 Å². The second-order valence-electron chi connectivity index (χ2n) is 5.30. The SMILES string of the molecule is CC(=O)NCC1CCN(c2cc(Cl)ccc2CO)CC1. The third-order valence-corrected chi connectivity index (χ3v) is 4.05. The summed E-state index contributed by atoms with van der Waals surface area (Å²) in [6.45, 7) is 4.19. The van der Waals surface area contributed by atoms with Crippen LogP contribution in [-0.4, -0.2) is 30.6 Å². The van der Waals surface area contributed by atoms with E-state index in [0.717, 1.165) is 43.7 Å². The van der Waals surface area contributed by atoms with E-state index >= 15 is 0 Å². The fourth-order valence-electron chi connectivity index (χ4n) is 2.63. The van der Waals surface area contributed by atoms with Crippen molar-refractivity contribution in [2.24, 2.45) is 5.92 Å². The Hall–Kier alpha value is -1.26. The van der Waals surface area contributed by atoms with Crippen molar-refractivity contribution < 1.29 is 9.90 Å². The van der Waals surface area contributed by atoms with Crippen molar-refractivity contribution in [3.63, 3.8) is 0 Å². The van der Waals surface area contributed by atoms with Gasteiger partial charge in [-0.1, -0.05) is 17.7 Å². The molecule has 1 aromatic rings. The number of amides is 1. The number of benzene rings is 1. The summed E-state index contributed by atoms with van der Waals surface area (Å²) in [5, 5.41) is 13.0. The van der Waals surface area contributed by atoms with E-state index in [1.807, 2.05) is 12.1 Å². The molecule has 1 aliphatic rings. The number of carbonyl (C=O) groups excluding carboxylic acids is 1. The molecule has 20 heavy (non-hydrogen) atoms. The van der Waals surface area contributed by atoms with E-state index in [2.05, 4.69) is 10.2 Å². The maximum absolute atomic E-state index is 10.9. The Balaban J connectivity index is 1.96. The molecule has 2 N–H and O–H groups in total. The van der Waals surface area contributed by atoms with Crippen LogP contribution in [0.15, 0.2) is 18.2 Å². The van der Waals surface area contributed by atoms with E-state index < -0.39 is 0 Å². The third kappa shape index (κ3) is 3.87. The van der Waals surface area contributed by atoms with Gasteiger partial charge in [-0.05, 0) is 30.9 Å². The van der Waals surface area contributed by atoms with Crippen molar-refractivity contribution in [3.8, 4) is 0 Å². The summed E-state index contributed by atoms with van der Waals surface area (Å²) >= 11 is 6.05. The standard InChI is InChI=1S/C15H21ClN2O2/c1-11(20)17-9-12-4-6-18(7-5-12)15-8-14(16)3-2-13(15)10-19/h2-3,8,12,19H,4-7,9-10H2,1H3,(H,17,20). The van der Waals surface area contributed by atoms with E-state index in [1.54, 1.807) is 13.0 Å². The number of hydrogen-bond acceptors (Lipinski definition) is 3. The maximum Gasteiger partial charge on any atom is 0.216 e. The molecule has 0 saturated carbocycles. The zero-order valence-corrected chi connectivity index (χ0v) is 12.5. The fourth-order valence-corrected chi connectivity index (χ4v) is 2.80. The van der Waals surface area contributed by atoms with E-state index in [0.29, 0.717) is 10.9 Å². The highest BCUT2D eigenvalue weighted by Gasteiger charge is 2.21. The monoisotopic (exact) mass is 296 g/mol. The van der Waals surface area contributed by atoms with Gasteiger partial charge in [0.2, 0.25) is 5.91 Å². The van der Waals surface area contributed by atoms with Gasteiger partial charge in [0.15, 0.2) is 0 Å². The summed E-state index contributed by atoms with van der Waals surface area (Å²) in [6, 6.07) is 5.60. The number of rotatable bonds is 4. The quantitative estimate of drug-likeness (QED) is 0.895. The lowest BCUT2D eigenvalue weighted by molar-refractivity contribution is -0.119. The number of anilines is 1. The van der Waals surface area contributed by atoms with Crippen LogP contribution in [0.3, 0.4) is 0 Å². The van der Waals surface area contributed by atoms with Crippen LogP contribution >= 0.6 is 11.6 Å². The van der Waals surface area contributed by atoms with Crippen LogP contribution in [0, 0.1) is 5.92 Å². The Morgan fingerprint density at radius 1 is 1.45 bits per heavy atom. The molecule has 1 heterocycles. The van der Waals surface area contributed by atoms with Crippen LogP contribution in [0.4, 0.5) is 5.69 Å². The first-order valence-electron chi connectivity index (χ1n) is 6.99. The molecule has 110 valence electrons. The lowest BCUT2D eigenvalue weighted by Gasteiger charge is -2.34. The molecule has 0 aliphatic carbocycles. The molecule has 5 heteroatoms. The molecule has 0 bridgehead atoms. The number of carbonyl (C=O) groups is 1. The average molecular weight is 297 g/mol. The van der Waals surface area contributed by atoms with Crippen molar-refractivity contribution in [1.82, 2.24) is 5.32 Å². The van der Waals surface area contributed by atoms with Gasteiger partial charge in [0, 0.05) is 42.8 Å². The minimum absolute atomic E-state index is 0.0261. The van der Waals surface area contributed by atoms with E-state index in [-0.39, 0.29) is 12.5 Å². The topological polar surface area (TPSA) is 52.6 Å². The summed E-state index contributed by atoms with van der Waals surface area (Å²) in [5.41, 5.74) is 1.94. The molecule has 1 aliphatic heterocycles. The van der Waals surface area contributed by atoms with Crippen LogP contribution in [0.1, 0.15) is 25.3 Å². The predicted octanol–water partition coefficient (Wildman–Crippen LogP) is 2.18. The number of nitrogens with one attached hydrogen (secondary N) is 1. The first-order chi connectivity index (χ1) is 9.60. The molecule has 4 nitrogen and oxygen atoms in total. The predicted molar refractivity (Wildman–Crippen MR) is 81.0 cm³/mol. The van der Waals surface area contributed by atoms with Crippen LogP contribution in [0.2, 0.25) is 5.02 Å².